The number of nitrogens with one attached hydrogen (secondary N) is 5. The Bertz CT molecular complexity index is 3830. The highest BCUT2D eigenvalue weighted by molar-refractivity contribution is 5.88. The van der Waals surface area contributed by atoms with Crippen molar-refractivity contribution in [2.75, 3.05) is 40.7 Å². The molecule has 11 nitrogen and oxygen atoms in total. The lowest BCUT2D eigenvalue weighted by Crippen LogP contribution is -2.28. The zero-order valence-corrected chi connectivity index (χ0v) is 44.0. The number of rotatable bonds is 12. The third-order valence-corrected chi connectivity index (χ3v) is 14.9. The summed E-state index contributed by atoms with van der Waals surface area (Å²) in [4.78, 5) is 26.7. The number of hydrogen-bond acceptors (Lipinski definition) is 11. The number of hydrogen-bond donors (Lipinski definition) is 5. The van der Waals surface area contributed by atoms with Gasteiger partial charge in [-0.15, -0.1) is 0 Å². The van der Waals surface area contributed by atoms with E-state index in [0.717, 1.165) is 28.4 Å². The van der Waals surface area contributed by atoms with Crippen LogP contribution in [0.25, 0.3) is 22.3 Å². The van der Waals surface area contributed by atoms with E-state index in [0.29, 0.717) is 35.3 Å². The van der Waals surface area contributed by atoms with Crippen LogP contribution in [0.4, 0.5) is 46.3 Å². The van der Waals surface area contributed by atoms with Crippen LogP contribution in [0.1, 0.15) is 62.0 Å². The van der Waals surface area contributed by atoms with Crippen LogP contribution in [0.15, 0.2) is 224 Å². The Morgan fingerprint density at radius 1 is 0.256 bits per heavy atom. The van der Waals surface area contributed by atoms with E-state index in [2.05, 4.69) is 251 Å². The molecule has 0 bridgehead atoms. The minimum atomic E-state index is -0.450. The Morgan fingerprint density at radius 2 is 0.513 bits per heavy atom. The van der Waals surface area contributed by atoms with Gasteiger partial charge in [0.15, 0.2) is 0 Å². The highest BCUT2D eigenvalue weighted by Gasteiger charge is 2.47. The van der Waals surface area contributed by atoms with Crippen molar-refractivity contribution in [2.24, 2.45) is 0 Å². The summed E-state index contributed by atoms with van der Waals surface area (Å²) in [5, 5.41) is 16.5. The van der Waals surface area contributed by atoms with Gasteiger partial charge in [-0.25, -0.2) is 4.98 Å². The molecule has 2 aliphatic rings. The summed E-state index contributed by atoms with van der Waals surface area (Å²) in [6.07, 6.45) is 0. The highest BCUT2D eigenvalue weighted by Crippen LogP contribution is 2.57. The predicted octanol–water partition coefficient (Wildman–Crippen LogP) is 14.7. The van der Waals surface area contributed by atoms with Crippen molar-refractivity contribution >= 4 is 46.3 Å². The van der Waals surface area contributed by atoms with Crippen molar-refractivity contribution in [1.29, 1.82) is 0 Å². The Balaban J connectivity index is 0.000000158. The van der Waals surface area contributed by atoms with Gasteiger partial charge < -0.3 is 26.6 Å². The molecule has 0 atom stereocenters. The molecule has 0 aliphatic heterocycles. The smallest absolute Gasteiger partial charge is 0.232 e. The van der Waals surface area contributed by atoms with Gasteiger partial charge in [-0.1, -0.05) is 164 Å². The average molecular weight is 1020 g/mol. The molecule has 11 heteroatoms. The Hall–Kier alpha value is -10.0. The van der Waals surface area contributed by atoms with Crippen LogP contribution >= 0.6 is 0 Å². The lowest BCUT2D eigenvalue weighted by molar-refractivity contribution is 0.768. The highest BCUT2D eigenvalue weighted by atomic mass is 15.2. The van der Waals surface area contributed by atoms with E-state index in [1.165, 1.54) is 66.8 Å². The van der Waals surface area contributed by atoms with Crippen LogP contribution < -0.4 is 26.6 Å². The molecule has 0 amide bonds. The fraction of sp³-hybridized carbons (Fsp3) is 0.104. The molecule has 2 aromatic heterocycles. The first-order valence-electron chi connectivity index (χ1n) is 26.2. The van der Waals surface area contributed by atoms with Crippen molar-refractivity contribution in [1.82, 2.24) is 29.9 Å². The van der Waals surface area contributed by atoms with Gasteiger partial charge >= 0.3 is 0 Å². The Morgan fingerprint density at radius 3 is 0.833 bits per heavy atom. The summed E-state index contributed by atoms with van der Waals surface area (Å²) in [6, 6.07) is 79.8. The monoisotopic (exact) mass is 1020 g/mol. The fourth-order valence-corrected chi connectivity index (χ4v) is 11.6. The van der Waals surface area contributed by atoms with Crippen molar-refractivity contribution in [2.45, 2.75) is 31.6 Å². The van der Waals surface area contributed by atoms with Gasteiger partial charge in [-0.2, -0.15) is 24.9 Å². The molecule has 0 radical (unpaired) electrons. The van der Waals surface area contributed by atoms with Crippen LogP contribution in [-0.2, 0) is 10.8 Å². The number of anilines is 8. The quantitative estimate of drug-likeness (QED) is 0.0800. The van der Waals surface area contributed by atoms with E-state index in [1.807, 2.05) is 65.2 Å². The van der Waals surface area contributed by atoms with Crippen LogP contribution in [0.5, 0.6) is 0 Å². The topological polar surface area (TPSA) is 137 Å². The molecule has 13 rings (SSSR count). The second-order valence-corrected chi connectivity index (χ2v) is 19.5. The second-order valence-electron chi connectivity index (χ2n) is 19.5. The van der Waals surface area contributed by atoms with Gasteiger partial charge in [-0.05, 0) is 148 Å². The van der Waals surface area contributed by atoms with Crippen LogP contribution in [0, 0.1) is 20.8 Å². The molecule has 5 N–H and O–H groups in total. The summed E-state index contributed by atoms with van der Waals surface area (Å²) < 4.78 is 0. The summed E-state index contributed by atoms with van der Waals surface area (Å²) >= 11 is 0. The fourth-order valence-electron chi connectivity index (χ4n) is 11.6. The standard InChI is InChI=1S/C36H30N6.C31H27N5/c1-24-38-34(40-28-10-4-3-5-11-28)42-35(39-24)41-29-22-18-26(19-23-29)36(25-16-20-27(37-2)21-17-25)32-14-8-6-12-30(32)31-13-7-9-15-33(31)36;1-20-33-21(2)35-30(34-20)36-25-18-14-23(15-19-25)31(22-12-16-24(32-3)17-13-22)28-10-6-4-8-26(28)27-9-5-7-11-29(27)31/h3-23,37H,1-2H3,(H2,38,39,40,41,42);4-19,32H,1-3H3,(H,33,34,35,36). The van der Waals surface area contributed by atoms with Crippen LogP contribution in [-0.4, -0.2) is 44.0 Å². The SMILES string of the molecule is CNc1ccc(C2(c3ccc(Nc4nc(C)nc(C)n4)cc3)c3ccccc3-c3ccccc32)cc1.CNc1ccc(C2(c3ccc(Nc4nc(C)nc(Nc5ccccc5)n4)cc3)c3ccccc3-c3ccccc32)cc1. The van der Waals surface area contributed by atoms with E-state index >= 15 is 0 Å². The second kappa shape index (κ2) is 20.6. The maximum Gasteiger partial charge on any atom is 0.232 e. The normalized spacial score (nSPS) is 12.9. The molecule has 11 aromatic rings. The molecule has 0 spiro atoms. The van der Waals surface area contributed by atoms with Gasteiger partial charge in [0.25, 0.3) is 0 Å². The van der Waals surface area contributed by atoms with Gasteiger partial charge in [0.1, 0.15) is 17.5 Å². The molecule has 0 unspecified atom stereocenters. The number of nitrogens with zero attached hydrogens (tertiary/aromatic N) is 6. The van der Waals surface area contributed by atoms with E-state index in [1.54, 1.807) is 0 Å². The summed E-state index contributed by atoms with van der Waals surface area (Å²) in [5.74, 6) is 3.57. The molecule has 2 heterocycles. The van der Waals surface area contributed by atoms with E-state index in [-0.39, 0.29) is 0 Å². The number of benzene rings is 9. The van der Waals surface area contributed by atoms with Crippen molar-refractivity contribution in [3.8, 4) is 22.3 Å². The minimum Gasteiger partial charge on any atom is -0.388 e. The number of fused-ring (bicyclic) bond motifs is 6. The Kier molecular flexibility index (Phi) is 12.9. The summed E-state index contributed by atoms with van der Waals surface area (Å²) in [5.41, 5.74) is 19.2. The molecule has 0 fully saturated rings. The van der Waals surface area contributed by atoms with E-state index in [9.17, 15) is 0 Å². The van der Waals surface area contributed by atoms with Crippen LogP contribution in [0.2, 0.25) is 0 Å². The molecule has 2 aliphatic carbocycles. The first kappa shape index (κ1) is 48.9. The number of aryl methyl sites for hydroxylation is 3. The van der Waals surface area contributed by atoms with Crippen molar-refractivity contribution < 1.29 is 0 Å². The maximum atomic E-state index is 4.61. The average Bonchev–Trinajstić information content (AvgIpc) is 4.08. The number of aromatic nitrogens is 6. The lowest BCUT2D eigenvalue weighted by atomic mass is 9.67. The van der Waals surface area contributed by atoms with Crippen LogP contribution in [0.3, 0.4) is 0 Å². The zero-order chi connectivity index (χ0) is 53.2. The molecular formula is C67H57N11. The molecule has 0 saturated carbocycles. The lowest BCUT2D eigenvalue weighted by Gasteiger charge is -2.34. The molecule has 0 saturated heterocycles. The van der Waals surface area contributed by atoms with Crippen molar-refractivity contribution in [3.63, 3.8) is 0 Å². The van der Waals surface area contributed by atoms with Gasteiger partial charge in [0, 0.05) is 42.5 Å². The maximum absolute atomic E-state index is 4.61. The molecular weight excluding hydrogens is 959 g/mol. The molecule has 9 aromatic carbocycles. The predicted molar refractivity (Wildman–Crippen MR) is 317 cm³/mol. The molecule has 78 heavy (non-hydrogen) atoms. The zero-order valence-electron chi connectivity index (χ0n) is 44.0. The first-order valence-corrected chi connectivity index (χ1v) is 26.2. The van der Waals surface area contributed by atoms with E-state index in [4.69, 9.17) is 0 Å². The largest absolute Gasteiger partial charge is 0.388 e. The van der Waals surface area contributed by atoms with Gasteiger partial charge in [0.05, 0.1) is 10.8 Å². The third-order valence-electron chi connectivity index (χ3n) is 14.9. The van der Waals surface area contributed by atoms with Gasteiger partial charge in [-0.3, -0.25) is 0 Å². The number of para-hydroxylation sites is 1. The molecule has 380 valence electrons. The van der Waals surface area contributed by atoms with Crippen molar-refractivity contribution in [3.05, 3.63) is 286 Å². The minimum absolute atomic E-state index is 0.418. The van der Waals surface area contributed by atoms with E-state index < -0.39 is 10.8 Å². The third kappa shape index (κ3) is 8.80. The summed E-state index contributed by atoms with van der Waals surface area (Å²) in [6.45, 7) is 5.62. The first-order chi connectivity index (χ1) is 38.2. The Labute approximate surface area is 455 Å². The van der Waals surface area contributed by atoms with Gasteiger partial charge in [0.2, 0.25) is 17.8 Å². The summed E-state index contributed by atoms with van der Waals surface area (Å²) in [7, 11) is 3.90.